The first-order valence-corrected chi connectivity index (χ1v) is 11.5. The van der Waals surface area contributed by atoms with Crippen molar-refractivity contribution in [3.63, 3.8) is 0 Å². The molecule has 1 aromatic heterocycles. The summed E-state index contributed by atoms with van der Waals surface area (Å²) in [5.74, 6) is 1.79. The summed E-state index contributed by atoms with van der Waals surface area (Å²) in [5.41, 5.74) is 2.75. The Balaban J connectivity index is 1.60. The summed E-state index contributed by atoms with van der Waals surface area (Å²) in [6, 6.07) is 16.5. The van der Waals surface area contributed by atoms with Crippen LogP contribution in [0.5, 0.6) is 5.75 Å². The zero-order valence-corrected chi connectivity index (χ0v) is 20.2. The predicted molar refractivity (Wildman–Crippen MR) is 131 cm³/mol. The number of para-hydroxylation sites is 2. The highest BCUT2D eigenvalue weighted by molar-refractivity contribution is 5.79. The number of hydrogen-bond donors (Lipinski definition) is 0. The third kappa shape index (κ3) is 5.24. The van der Waals surface area contributed by atoms with Gasteiger partial charge in [-0.2, -0.15) is 0 Å². The van der Waals surface area contributed by atoms with Crippen LogP contribution in [0.25, 0.3) is 11.0 Å². The van der Waals surface area contributed by atoms with Gasteiger partial charge in [0.1, 0.15) is 11.4 Å². The monoisotopic (exact) mass is 450 g/mol. The van der Waals surface area contributed by atoms with Crippen molar-refractivity contribution < 1.29 is 14.3 Å². The zero-order chi connectivity index (χ0) is 23.6. The Morgan fingerprint density at radius 1 is 1.15 bits per heavy atom. The lowest BCUT2D eigenvalue weighted by Crippen LogP contribution is -2.50. The molecule has 7 nitrogen and oxygen atoms in total. The molecule has 4 rings (SSSR count). The topological polar surface area (TPSA) is 59.8 Å². The minimum atomic E-state index is -0.508. The van der Waals surface area contributed by atoms with Crippen LogP contribution in [0.1, 0.15) is 39.2 Å². The number of piperidine rings is 1. The van der Waals surface area contributed by atoms with Crippen molar-refractivity contribution in [3.8, 4) is 5.75 Å². The normalized spacial score (nSPS) is 16.6. The summed E-state index contributed by atoms with van der Waals surface area (Å²) in [7, 11) is 3.51. The lowest BCUT2D eigenvalue weighted by molar-refractivity contribution is 0.0209. The third-order valence-electron chi connectivity index (χ3n) is 6.04. The van der Waals surface area contributed by atoms with E-state index >= 15 is 0 Å². The van der Waals surface area contributed by atoms with Crippen LogP contribution in [-0.4, -0.2) is 59.4 Å². The summed E-state index contributed by atoms with van der Waals surface area (Å²) in [5, 5.41) is 0. The average Bonchev–Trinajstić information content (AvgIpc) is 3.16. The highest BCUT2D eigenvalue weighted by Crippen LogP contribution is 2.28. The largest absolute Gasteiger partial charge is 0.497 e. The number of anilines is 1. The Kier molecular flexibility index (Phi) is 6.49. The van der Waals surface area contributed by atoms with E-state index in [-0.39, 0.29) is 12.1 Å². The molecule has 1 aliphatic rings. The molecule has 1 atom stereocenters. The predicted octanol–water partition coefficient (Wildman–Crippen LogP) is 4.93. The molecule has 0 radical (unpaired) electrons. The summed E-state index contributed by atoms with van der Waals surface area (Å²) < 4.78 is 13.2. The molecule has 1 saturated heterocycles. The first-order valence-electron chi connectivity index (χ1n) is 11.5. The van der Waals surface area contributed by atoms with Crippen LogP contribution >= 0.6 is 0 Å². The van der Waals surface area contributed by atoms with E-state index in [1.54, 1.807) is 12.0 Å². The van der Waals surface area contributed by atoms with E-state index in [4.69, 9.17) is 14.5 Å². The Morgan fingerprint density at radius 2 is 1.88 bits per heavy atom. The number of amides is 1. The number of hydrogen-bond acceptors (Lipinski definition) is 5. The molecule has 2 aromatic carbocycles. The standard InChI is InChI=1S/C26H34N4O3/c1-26(2,3)33-25(31)28(4)20-9-8-16-29(18-20)24-27-22-10-6-7-11-23(22)30(24)17-19-12-14-21(32-5)15-13-19/h6-7,10-15,20H,8-9,16-18H2,1-5H3. The molecule has 0 spiro atoms. The molecule has 0 aliphatic carbocycles. The van der Waals surface area contributed by atoms with E-state index in [0.29, 0.717) is 6.54 Å². The minimum Gasteiger partial charge on any atom is -0.497 e. The second-order valence-electron chi connectivity index (χ2n) is 9.67. The average molecular weight is 451 g/mol. The van der Waals surface area contributed by atoms with Crippen molar-refractivity contribution in [2.75, 3.05) is 32.1 Å². The number of carbonyl (C=O) groups excluding carboxylic acids is 1. The second kappa shape index (κ2) is 9.33. The first-order chi connectivity index (χ1) is 15.7. The van der Waals surface area contributed by atoms with Crippen LogP contribution in [0.15, 0.2) is 48.5 Å². The smallest absolute Gasteiger partial charge is 0.410 e. The molecule has 3 aromatic rings. The van der Waals surface area contributed by atoms with Crippen LogP contribution in [-0.2, 0) is 11.3 Å². The molecule has 176 valence electrons. The number of likely N-dealkylation sites (N-methyl/N-ethyl adjacent to an activating group) is 1. The molecular formula is C26H34N4O3. The maximum Gasteiger partial charge on any atom is 0.410 e. The molecule has 0 bridgehead atoms. The fourth-order valence-corrected chi connectivity index (χ4v) is 4.31. The Bertz CT molecular complexity index is 1100. The van der Waals surface area contributed by atoms with Gasteiger partial charge in [0.15, 0.2) is 0 Å². The number of fused-ring (bicyclic) bond motifs is 1. The van der Waals surface area contributed by atoms with Gasteiger partial charge in [0.2, 0.25) is 5.95 Å². The zero-order valence-electron chi connectivity index (χ0n) is 20.2. The maximum absolute atomic E-state index is 12.7. The van der Waals surface area contributed by atoms with Crippen LogP contribution in [0, 0.1) is 0 Å². The van der Waals surface area contributed by atoms with E-state index < -0.39 is 5.60 Å². The molecule has 0 saturated carbocycles. The fourth-order valence-electron chi connectivity index (χ4n) is 4.31. The fraction of sp³-hybridized carbons (Fsp3) is 0.462. The van der Waals surface area contributed by atoms with Crippen molar-refractivity contribution >= 4 is 23.1 Å². The molecule has 7 heteroatoms. The first kappa shape index (κ1) is 23.0. The second-order valence-corrected chi connectivity index (χ2v) is 9.67. The highest BCUT2D eigenvalue weighted by atomic mass is 16.6. The van der Waals surface area contributed by atoms with E-state index in [2.05, 4.69) is 33.7 Å². The molecule has 1 amide bonds. The third-order valence-corrected chi connectivity index (χ3v) is 6.04. The number of benzene rings is 2. The van der Waals surface area contributed by atoms with Crippen molar-refractivity contribution in [2.24, 2.45) is 0 Å². The molecular weight excluding hydrogens is 416 g/mol. The number of nitrogens with zero attached hydrogens (tertiary/aromatic N) is 4. The van der Waals surface area contributed by atoms with Crippen molar-refractivity contribution in [3.05, 3.63) is 54.1 Å². The van der Waals surface area contributed by atoms with Crippen molar-refractivity contribution in [1.29, 1.82) is 0 Å². The van der Waals surface area contributed by atoms with E-state index in [9.17, 15) is 4.79 Å². The number of rotatable bonds is 5. The molecule has 2 heterocycles. The number of ether oxygens (including phenoxy) is 2. The van der Waals surface area contributed by atoms with Gasteiger partial charge in [0.05, 0.1) is 30.7 Å². The van der Waals surface area contributed by atoms with Gasteiger partial charge in [-0.1, -0.05) is 24.3 Å². The number of imidazole rings is 1. The summed E-state index contributed by atoms with van der Waals surface area (Å²) in [6.07, 6.45) is 1.66. The number of carbonyl (C=O) groups is 1. The van der Waals surface area contributed by atoms with E-state index in [0.717, 1.165) is 48.7 Å². The van der Waals surface area contributed by atoms with Gasteiger partial charge in [0.25, 0.3) is 0 Å². The maximum atomic E-state index is 12.7. The number of aromatic nitrogens is 2. The van der Waals surface area contributed by atoms with Crippen molar-refractivity contribution in [2.45, 2.75) is 51.8 Å². The Hall–Kier alpha value is -3.22. The van der Waals surface area contributed by atoms with Gasteiger partial charge in [-0.15, -0.1) is 0 Å². The van der Waals surface area contributed by atoms with Crippen LogP contribution in [0.3, 0.4) is 0 Å². The quantitative estimate of drug-likeness (QED) is 0.552. The number of methoxy groups -OCH3 is 1. The van der Waals surface area contributed by atoms with Crippen LogP contribution in [0.4, 0.5) is 10.7 Å². The van der Waals surface area contributed by atoms with Gasteiger partial charge in [0, 0.05) is 20.1 Å². The summed E-state index contributed by atoms with van der Waals surface area (Å²) >= 11 is 0. The molecule has 33 heavy (non-hydrogen) atoms. The van der Waals surface area contributed by atoms with E-state index in [1.165, 1.54) is 5.56 Å². The van der Waals surface area contributed by atoms with Gasteiger partial charge >= 0.3 is 6.09 Å². The minimum absolute atomic E-state index is 0.0721. The summed E-state index contributed by atoms with van der Waals surface area (Å²) in [4.78, 5) is 21.7. The summed E-state index contributed by atoms with van der Waals surface area (Å²) in [6.45, 7) is 8.03. The van der Waals surface area contributed by atoms with Gasteiger partial charge in [-0.05, 0) is 63.4 Å². The molecule has 1 fully saturated rings. The Labute approximate surface area is 195 Å². The molecule has 1 aliphatic heterocycles. The Morgan fingerprint density at radius 3 is 2.58 bits per heavy atom. The lowest BCUT2D eigenvalue weighted by Gasteiger charge is -2.38. The van der Waals surface area contributed by atoms with E-state index in [1.807, 2.05) is 52.1 Å². The van der Waals surface area contributed by atoms with Crippen LogP contribution in [0.2, 0.25) is 0 Å². The molecule has 1 unspecified atom stereocenters. The van der Waals surface area contributed by atoms with Gasteiger partial charge in [-0.3, -0.25) is 0 Å². The van der Waals surface area contributed by atoms with Gasteiger partial charge in [-0.25, -0.2) is 9.78 Å². The van der Waals surface area contributed by atoms with Crippen molar-refractivity contribution in [1.82, 2.24) is 14.5 Å². The molecule has 0 N–H and O–H groups in total. The SMILES string of the molecule is COc1ccc(Cn2c(N3CCCC(N(C)C(=O)OC(C)(C)C)C3)nc3ccccc32)cc1. The van der Waals surface area contributed by atoms with Crippen LogP contribution < -0.4 is 9.64 Å². The van der Waals surface area contributed by atoms with Gasteiger partial charge < -0.3 is 23.8 Å². The highest BCUT2D eigenvalue weighted by Gasteiger charge is 2.31. The lowest BCUT2D eigenvalue weighted by atomic mass is 10.1.